The van der Waals surface area contributed by atoms with Gasteiger partial charge in [-0.05, 0) is 6.42 Å². The zero-order valence-corrected chi connectivity index (χ0v) is 4.42. The minimum atomic E-state index is -1.10. The molecule has 0 aliphatic rings. The summed E-state index contributed by atoms with van der Waals surface area (Å²) in [6.07, 6.45) is -0.214. The first-order valence-electron chi connectivity index (χ1n) is 2.32. The largest absolute Gasteiger partial charge is 0.356 e. The molecule has 1 atom stereocenters. The van der Waals surface area contributed by atoms with Crippen LogP contribution in [0, 0.1) is 0 Å². The van der Waals surface area contributed by atoms with Gasteiger partial charge in [-0.1, -0.05) is 6.92 Å². The fraction of sp³-hybridized carbons (Fsp3) is 1.00. The van der Waals surface area contributed by atoms with Crippen LogP contribution in [0.1, 0.15) is 13.3 Å². The van der Waals surface area contributed by atoms with E-state index in [4.69, 9.17) is 10.8 Å². The minimum Gasteiger partial charge on any atom is -0.356 e. The van der Waals surface area contributed by atoms with Gasteiger partial charge in [-0.15, -0.1) is 0 Å². The summed E-state index contributed by atoms with van der Waals surface area (Å²) in [6.45, 7) is 2.47. The van der Waals surface area contributed by atoms with E-state index in [1.54, 1.807) is 0 Å². The summed E-state index contributed by atoms with van der Waals surface area (Å²) in [5, 5.41) is 8.24. The first-order chi connectivity index (χ1) is 3.27. The van der Waals surface area contributed by atoms with E-state index in [-0.39, 0.29) is 0 Å². The molecule has 0 fully saturated rings. The lowest BCUT2D eigenvalue weighted by molar-refractivity contribution is -0.0934. The van der Waals surface area contributed by atoms with E-state index >= 15 is 0 Å². The Kier molecular flexibility index (Phi) is 3.98. The van der Waals surface area contributed by atoms with Crippen molar-refractivity contribution < 1.29 is 9.84 Å². The van der Waals surface area contributed by atoms with Crippen LogP contribution in [-0.2, 0) is 4.74 Å². The van der Waals surface area contributed by atoms with E-state index in [0.717, 1.165) is 6.42 Å². The maximum absolute atomic E-state index is 8.24. The van der Waals surface area contributed by atoms with Gasteiger partial charge in [0.25, 0.3) is 0 Å². The Bertz CT molecular complexity index is 38.7. The summed E-state index contributed by atoms with van der Waals surface area (Å²) < 4.78 is 4.52. The highest BCUT2D eigenvalue weighted by Gasteiger charge is 1.88. The topological polar surface area (TPSA) is 55.5 Å². The van der Waals surface area contributed by atoms with E-state index in [1.165, 1.54) is 0 Å². The summed E-state index contributed by atoms with van der Waals surface area (Å²) in [6, 6.07) is 0. The average Bonchev–Trinajstić information content (AvgIpc) is 1.61. The van der Waals surface area contributed by atoms with Gasteiger partial charge >= 0.3 is 0 Å². The third kappa shape index (κ3) is 5.88. The first kappa shape index (κ1) is 6.88. The van der Waals surface area contributed by atoms with Crippen LogP contribution in [0.3, 0.4) is 0 Å². The summed E-state index contributed by atoms with van der Waals surface area (Å²) in [5.74, 6) is 0. The van der Waals surface area contributed by atoms with Gasteiger partial charge < -0.3 is 9.84 Å². The lowest BCUT2D eigenvalue weighted by Gasteiger charge is -2.01. The molecule has 0 aliphatic carbocycles. The molecule has 7 heavy (non-hydrogen) atoms. The number of aliphatic hydroxyl groups excluding tert-OH is 1. The Morgan fingerprint density at radius 2 is 2.43 bits per heavy atom. The highest BCUT2D eigenvalue weighted by molar-refractivity contribution is 4.23. The van der Waals surface area contributed by atoms with E-state index in [9.17, 15) is 0 Å². The maximum atomic E-state index is 8.24. The summed E-state index contributed by atoms with van der Waals surface area (Å²) in [4.78, 5) is 0. The molecule has 0 saturated carbocycles. The van der Waals surface area contributed by atoms with Crippen LogP contribution in [0.15, 0.2) is 0 Å². The predicted octanol–water partition coefficient (Wildman–Crippen LogP) is -0.352. The van der Waals surface area contributed by atoms with Gasteiger partial charge in [0.1, 0.15) is 0 Å². The monoisotopic (exact) mass is 105 g/mol. The molecule has 0 radical (unpaired) electrons. The Hall–Kier alpha value is -0.120. The second-order valence-corrected chi connectivity index (χ2v) is 1.26. The Labute approximate surface area is 43.1 Å². The molecule has 3 nitrogen and oxygen atoms in total. The molecule has 0 heterocycles. The van der Waals surface area contributed by atoms with Crippen LogP contribution in [0.5, 0.6) is 0 Å². The molecular formula is C4H11NO2. The predicted molar refractivity (Wildman–Crippen MR) is 26.4 cm³/mol. The number of rotatable bonds is 3. The van der Waals surface area contributed by atoms with Gasteiger partial charge in [0, 0.05) is 0 Å². The summed E-state index contributed by atoms with van der Waals surface area (Å²) in [5.41, 5.74) is 4.81. The van der Waals surface area contributed by atoms with Crippen molar-refractivity contribution in [1.82, 2.24) is 0 Å². The third-order valence-electron chi connectivity index (χ3n) is 0.493. The SMILES string of the molecule is CCCOC(N)O. The molecule has 44 valence electrons. The quantitative estimate of drug-likeness (QED) is 0.482. The smallest absolute Gasteiger partial charge is 0.210 e. The molecule has 0 aromatic rings. The normalized spacial score (nSPS) is 14.1. The van der Waals surface area contributed by atoms with Crippen molar-refractivity contribution in [2.45, 2.75) is 19.8 Å². The van der Waals surface area contributed by atoms with E-state index in [1.807, 2.05) is 6.92 Å². The van der Waals surface area contributed by atoms with Crippen molar-refractivity contribution in [3.05, 3.63) is 0 Å². The maximum Gasteiger partial charge on any atom is 0.210 e. The van der Waals surface area contributed by atoms with Crippen LogP contribution in [-0.4, -0.2) is 18.1 Å². The molecule has 0 aromatic carbocycles. The van der Waals surface area contributed by atoms with Crippen molar-refractivity contribution in [2.24, 2.45) is 5.73 Å². The minimum absolute atomic E-state index is 0.525. The van der Waals surface area contributed by atoms with Crippen molar-refractivity contribution in [3.63, 3.8) is 0 Å². The third-order valence-corrected chi connectivity index (χ3v) is 0.493. The molecule has 0 aliphatic heterocycles. The van der Waals surface area contributed by atoms with Gasteiger partial charge in [0.2, 0.25) is 6.41 Å². The second kappa shape index (κ2) is 4.05. The molecule has 0 amide bonds. The van der Waals surface area contributed by atoms with Crippen molar-refractivity contribution in [1.29, 1.82) is 0 Å². The molecule has 0 rings (SSSR count). The Morgan fingerprint density at radius 1 is 1.86 bits per heavy atom. The Balaban J connectivity index is 2.68. The van der Waals surface area contributed by atoms with Crippen molar-refractivity contribution >= 4 is 0 Å². The van der Waals surface area contributed by atoms with Crippen LogP contribution >= 0.6 is 0 Å². The lowest BCUT2D eigenvalue weighted by atomic mass is 10.5. The first-order valence-corrected chi connectivity index (χ1v) is 2.32. The van der Waals surface area contributed by atoms with Gasteiger partial charge in [-0.2, -0.15) is 0 Å². The zero-order chi connectivity index (χ0) is 5.70. The second-order valence-electron chi connectivity index (χ2n) is 1.26. The van der Waals surface area contributed by atoms with Crippen LogP contribution in [0.4, 0.5) is 0 Å². The number of aliphatic hydroxyl groups is 1. The molecule has 0 spiro atoms. The number of hydrogen-bond donors (Lipinski definition) is 2. The summed E-state index contributed by atoms with van der Waals surface area (Å²) in [7, 11) is 0. The molecule has 0 aromatic heterocycles. The van der Waals surface area contributed by atoms with Gasteiger partial charge in [-0.25, -0.2) is 0 Å². The fourth-order valence-electron chi connectivity index (χ4n) is 0.239. The number of ether oxygens (including phenoxy) is 1. The fourth-order valence-corrected chi connectivity index (χ4v) is 0.239. The van der Waals surface area contributed by atoms with Gasteiger partial charge in [-0.3, -0.25) is 5.73 Å². The van der Waals surface area contributed by atoms with E-state index < -0.39 is 6.41 Å². The average molecular weight is 105 g/mol. The van der Waals surface area contributed by atoms with Crippen LogP contribution in [0.25, 0.3) is 0 Å². The molecular weight excluding hydrogens is 94.0 g/mol. The highest BCUT2D eigenvalue weighted by Crippen LogP contribution is 1.79. The molecule has 0 saturated heterocycles. The highest BCUT2D eigenvalue weighted by atomic mass is 16.6. The van der Waals surface area contributed by atoms with Crippen molar-refractivity contribution in [3.8, 4) is 0 Å². The van der Waals surface area contributed by atoms with Gasteiger partial charge in [0.05, 0.1) is 6.61 Å². The molecule has 3 N–H and O–H groups in total. The van der Waals surface area contributed by atoms with Crippen LogP contribution in [0.2, 0.25) is 0 Å². The van der Waals surface area contributed by atoms with Gasteiger partial charge in [0.15, 0.2) is 0 Å². The van der Waals surface area contributed by atoms with E-state index in [0.29, 0.717) is 6.61 Å². The van der Waals surface area contributed by atoms with Crippen molar-refractivity contribution in [2.75, 3.05) is 6.61 Å². The lowest BCUT2D eigenvalue weighted by Crippen LogP contribution is -2.22. The van der Waals surface area contributed by atoms with E-state index in [2.05, 4.69) is 4.74 Å². The molecule has 0 bridgehead atoms. The summed E-state index contributed by atoms with van der Waals surface area (Å²) >= 11 is 0. The standard InChI is InChI=1S/C4H11NO2/c1-2-3-7-4(5)6/h4,6H,2-3,5H2,1H3. The molecule has 1 unspecified atom stereocenters. The molecule has 3 heteroatoms. The number of nitrogens with two attached hydrogens (primary N) is 1. The van der Waals surface area contributed by atoms with Crippen LogP contribution < -0.4 is 5.73 Å². The Morgan fingerprint density at radius 3 is 2.57 bits per heavy atom. The number of hydrogen-bond acceptors (Lipinski definition) is 3. The zero-order valence-electron chi connectivity index (χ0n) is 4.42.